The van der Waals surface area contributed by atoms with E-state index in [1.165, 1.54) is 0 Å². The first-order chi connectivity index (χ1) is 24.4. The van der Waals surface area contributed by atoms with Crippen LogP contribution in [0.25, 0.3) is 0 Å². The molecular weight excluding hydrogens is 716 g/mol. The van der Waals surface area contributed by atoms with Crippen molar-refractivity contribution in [3.05, 3.63) is 12.7 Å². The molecule has 0 aromatic carbocycles. The summed E-state index contributed by atoms with van der Waals surface area (Å²) < 4.78 is 32.1. The summed E-state index contributed by atoms with van der Waals surface area (Å²) in [6, 6.07) is -2.41. The van der Waals surface area contributed by atoms with E-state index < -0.39 is 82.0 Å². The number of carbonyl (C=O) groups excluding carboxylic acids is 6. The zero-order chi connectivity index (χ0) is 44.0. The van der Waals surface area contributed by atoms with Gasteiger partial charge in [0.2, 0.25) is 0 Å². The highest BCUT2D eigenvalue weighted by atomic mass is 16.6. The number of ether oxygens (including phenoxy) is 6. The van der Waals surface area contributed by atoms with E-state index in [2.05, 4.69) is 6.58 Å². The van der Waals surface area contributed by atoms with Crippen LogP contribution in [0.3, 0.4) is 0 Å². The summed E-state index contributed by atoms with van der Waals surface area (Å²) in [4.78, 5) is 77.9. The summed E-state index contributed by atoms with van der Waals surface area (Å²) in [5.41, 5.74) is -5.04. The van der Waals surface area contributed by atoms with Crippen molar-refractivity contribution in [1.29, 1.82) is 0 Å². The second kappa shape index (κ2) is 21.4. The smallest absolute Gasteiger partial charge is 0.420 e. The van der Waals surface area contributed by atoms with Crippen LogP contribution in [0, 0.1) is 0 Å². The van der Waals surface area contributed by atoms with Crippen molar-refractivity contribution in [3.63, 3.8) is 0 Å². The Labute approximate surface area is 329 Å². The molecular formula is C40H72N2O13. The standard InChI is InChI=1S/C20H37NO7.C20H35NO6/c1-18(2,3)26-15(23)14(12-10-11-13-22)21(16(24)27-19(4,5)6)17(25)28-20(7,8)9;1-11-12-13-14(15(22)25-18(2,3)4)21(16(23)26-19(5,6)7)17(24)27-20(8,9)10/h14,22H,10-13H2,1-9H3;11,14H,1,12-13H2,2-10H3/t2*14-/m00/s1. The molecule has 0 aliphatic rings. The molecule has 55 heavy (non-hydrogen) atoms. The lowest BCUT2D eigenvalue weighted by molar-refractivity contribution is -0.162. The summed E-state index contributed by atoms with van der Waals surface area (Å²) in [7, 11) is 0. The van der Waals surface area contributed by atoms with Crippen molar-refractivity contribution >= 4 is 36.3 Å². The Morgan fingerprint density at radius 1 is 0.473 bits per heavy atom. The highest BCUT2D eigenvalue weighted by molar-refractivity contribution is 5.95. The molecule has 0 aromatic rings. The number of hydrogen-bond donors (Lipinski definition) is 1. The Morgan fingerprint density at radius 3 is 0.945 bits per heavy atom. The predicted molar refractivity (Wildman–Crippen MR) is 208 cm³/mol. The van der Waals surface area contributed by atoms with E-state index >= 15 is 0 Å². The molecule has 0 saturated carbocycles. The van der Waals surface area contributed by atoms with Crippen molar-refractivity contribution in [3.8, 4) is 0 Å². The van der Waals surface area contributed by atoms with Crippen LogP contribution in [0.4, 0.5) is 19.2 Å². The molecule has 0 aliphatic carbocycles. The lowest BCUT2D eigenvalue weighted by Crippen LogP contribution is -2.53. The second-order valence-electron chi connectivity index (χ2n) is 18.8. The molecule has 2 atom stereocenters. The summed E-state index contributed by atoms with van der Waals surface area (Å²) >= 11 is 0. The summed E-state index contributed by atoms with van der Waals surface area (Å²) in [6.45, 7) is 33.8. The number of carbonyl (C=O) groups is 6. The first-order valence-corrected chi connectivity index (χ1v) is 18.6. The monoisotopic (exact) mass is 789 g/mol. The number of rotatable bonds is 11. The third-order valence-corrected chi connectivity index (χ3v) is 5.87. The van der Waals surface area contributed by atoms with Crippen LogP contribution < -0.4 is 0 Å². The van der Waals surface area contributed by atoms with Crippen LogP contribution in [-0.2, 0) is 38.0 Å². The summed E-state index contributed by atoms with van der Waals surface area (Å²) in [5.74, 6) is -1.44. The fourth-order valence-corrected chi connectivity index (χ4v) is 4.07. The van der Waals surface area contributed by atoms with Gasteiger partial charge in [-0.05, 0) is 157 Å². The Bertz CT molecular complexity index is 1230. The lowest BCUT2D eigenvalue weighted by atomic mass is 10.1. The number of aliphatic hydroxyl groups excluding tert-OH is 1. The fraction of sp³-hybridized carbons (Fsp3) is 0.800. The van der Waals surface area contributed by atoms with E-state index in [4.69, 9.17) is 33.5 Å². The van der Waals surface area contributed by atoms with Crippen molar-refractivity contribution < 1.29 is 62.3 Å². The van der Waals surface area contributed by atoms with Crippen LogP contribution in [-0.4, -0.2) is 104 Å². The van der Waals surface area contributed by atoms with Gasteiger partial charge in [0, 0.05) is 6.61 Å². The molecule has 0 radical (unpaired) electrons. The Balaban J connectivity index is 0. The minimum Gasteiger partial charge on any atom is -0.458 e. The number of allylic oxidation sites excluding steroid dienone is 1. The summed E-state index contributed by atoms with van der Waals surface area (Å²) in [5, 5.41) is 9.05. The van der Waals surface area contributed by atoms with Crippen molar-refractivity contribution in [2.24, 2.45) is 0 Å². The number of aliphatic hydroxyl groups is 1. The van der Waals surface area contributed by atoms with Crippen LogP contribution in [0.5, 0.6) is 0 Å². The first kappa shape index (κ1) is 53.2. The molecule has 0 aliphatic heterocycles. The normalized spacial score (nSPS) is 13.4. The van der Waals surface area contributed by atoms with E-state index in [1.807, 2.05) is 0 Å². The Morgan fingerprint density at radius 2 is 0.727 bits per heavy atom. The third-order valence-electron chi connectivity index (χ3n) is 5.87. The van der Waals surface area contributed by atoms with E-state index in [0.29, 0.717) is 29.1 Å². The molecule has 0 aromatic heterocycles. The average Bonchev–Trinajstić information content (AvgIpc) is 2.89. The highest BCUT2D eigenvalue weighted by Gasteiger charge is 2.43. The fourth-order valence-electron chi connectivity index (χ4n) is 4.07. The van der Waals surface area contributed by atoms with Gasteiger partial charge in [-0.3, -0.25) is 0 Å². The molecule has 15 heteroatoms. The molecule has 15 nitrogen and oxygen atoms in total. The largest absolute Gasteiger partial charge is 0.458 e. The molecule has 320 valence electrons. The van der Waals surface area contributed by atoms with E-state index in [0.717, 1.165) is 0 Å². The molecule has 0 fully saturated rings. The number of esters is 2. The Kier molecular flexibility index (Phi) is 20.7. The van der Waals surface area contributed by atoms with Gasteiger partial charge < -0.3 is 33.5 Å². The van der Waals surface area contributed by atoms with Gasteiger partial charge in [0.15, 0.2) is 0 Å². The molecule has 0 heterocycles. The van der Waals surface area contributed by atoms with Crippen LogP contribution in [0.1, 0.15) is 157 Å². The molecule has 0 unspecified atom stereocenters. The Hall–Kier alpha value is -3.88. The number of nitrogens with zero attached hydrogens (tertiary/aromatic N) is 2. The van der Waals surface area contributed by atoms with E-state index in [1.54, 1.807) is 131 Å². The maximum absolute atomic E-state index is 12.8. The maximum Gasteiger partial charge on any atom is 0.420 e. The zero-order valence-electron chi connectivity index (χ0n) is 36.9. The number of unbranched alkanes of at least 4 members (excludes halogenated alkanes) is 1. The highest BCUT2D eigenvalue weighted by Crippen LogP contribution is 2.24. The quantitative estimate of drug-likeness (QED) is 0.0907. The van der Waals surface area contributed by atoms with Crippen molar-refractivity contribution in [2.45, 2.75) is 202 Å². The summed E-state index contributed by atoms with van der Waals surface area (Å²) in [6.07, 6.45) is -0.814. The van der Waals surface area contributed by atoms with Gasteiger partial charge in [-0.1, -0.05) is 6.08 Å². The van der Waals surface area contributed by atoms with Crippen LogP contribution >= 0.6 is 0 Å². The van der Waals surface area contributed by atoms with Gasteiger partial charge in [-0.25, -0.2) is 28.8 Å². The van der Waals surface area contributed by atoms with Crippen LogP contribution in [0.2, 0.25) is 0 Å². The maximum atomic E-state index is 12.8. The van der Waals surface area contributed by atoms with Gasteiger partial charge in [-0.15, -0.1) is 6.58 Å². The van der Waals surface area contributed by atoms with Gasteiger partial charge >= 0.3 is 36.3 Å². The van der Waals surface area contributed by atoms with Gasteiger partial charge in [0.1, 0.15) is 45.7 Å². The first-order valence-electron chi connectivity index (χ1n) is 18.6. The second-order valence-corrected chi connectivity index (χ2v) is 18.8. The minimum atomic E-state index is -1.23. The topological polar surface area (TPSA) is 185 Å². The van der Waals surface area contributed by atoms with E-state index in [9.17, 15) is 28.8 Å². The zero-order valence-corrected chi connectivity index (χ0v) is 36.9. The number of hydrogen-bond acceptors (Lipinski definition) is 13. The third kappa shape index (κ3) is 25.8. The minimum absolute atomic E-state index is 0.0695. The van der Waals surface area contributed by atoms with Gasteiger partial charge in [-0.2, -0.15) is 9.80 Å². The predicted octanol–water partition coefficient (Wildman–Crippen LogP) is 8.87. The molecule has 0 spiro atoms. The molecule has 0 bridgehead atoms. The van der Waals surface area contributed by atoms with Crippen LogP contribution in [0.15, 0.2) is 12.7 Å². The van der Waals surface area contributed by atoms with Crippen molar-refractivity contribution in [1.82, 2.24) is 9.80 Å². The molecule has 0 saturated heterocycles. The number of amides is 4. The van der Waals surface area contributed by atoms with Gasteiger partial charge in [0.25, 0.3) is 0 Å². The van der Waals surface area contributed by atoms with Gasteiger partial charge in [0.05, 0.1) is 0 Å². The number of imide groups is 2. The SMILES string of the molecule is C=CCC[C@@H](C(=O)OC(C)(C)C)N(C(=O)OC(C)(C)C)C(=O)OC(C)(C)C.CC(C)(C)OC(=O)[C@H](CCCCO)N(C(=O)OC(C)(C)C)C(=O)OC(C)(C)C. The van der Waals surface area contributed by atoms with E-state index in [-0.39, 0.29) is 19.4 Å². The van der Waals surface area contributed by atoms with Crippen molar-refractivity contribution in [2.75, 3.05) is 6.61 Å². The lowest BCUT2D eigenvalue weighted by Gasteiger charge is -2.33. The molecule has 4 amide bonds. The average molecular weight is 789 g/mol. The molecule has 0 rings (SSSR count). The molecule has 1 N–H and O–H groups in total.